The largest absolute Gasteiger partial charge is 0.489 e. The Balaban J connectivity index is 1.77. The third-order valence-electron chi connectivity index (χ3n) is 4.66. The summed E-state index contributed by atoms with van der Waals surface area (Å²) < 4.78 is 6.18. The minimum absolute atomic E-state index is 0.274. The van der Waals surface area contributed by atoms with Crippen molar-refractivity contribution in [1.29, 1.82) is 0 Å². The van der Waals surface area contributed by atoms with Gasteiger partial charge in [-0.05, 0) is 56.8 Å². The molecular weight excluding hydrogens is 302 g/mol. The Morgan fingerprint density at radius 2 is 2.00 bits per heavy atom. The van der Waals surface area contributed by atoms with E-state index in [4.69, 9.17) is 9.84 Å². The molecule has 1 aliphatic rings. The molecule has 0 amide bonds. The van der Waals surface area contributed by atoms with Crippen molar-refractivity contribution < 1.29 is 14.6 Å². The summed E-state index contributed by atoms with van der Waals surface area (Å²) in [6, 6.07) is 8.35. The maximum absolute atomic E-state index is 10.6. The minimum atomic E-state index is -0.688. The second kappa shape index (κ2) is 10.3. The highest BCUT2D eigenvalue weighted by atomic mass is 16.5. The van der Waals surface area contributed by atoms with Crippen LogP contribution in [0.25, 0.3) is 0 Å². The van der Waals surface area contributed by atoms with Crippen LogP contribution in [0.15, 0.2) is 24.3 Å². The molecule has 1 aromatic rings. The second-order valence-corrected chi connectivity index (χ2v) is 6.74. The number of carboxylic acids is 1. The fourth-order valence-corrected chi connectivity index (χ4v) is 3.26. The van der Waals surface area contributed by atoms with Crippen molar-refractivity contribution in [2.75, 3.05) is 19.6 Å². The molecule has 24 heavy (non-hydrogen) atoms. The molecule has 1 unspecified atom stereocenters. The second-order valence-electron chi connectivity index (χ2n) is 6.74. The lowest BCUT2D eigenvalue weighted by Crippen LogP contribution is -2.38. The van der Waals surface area contributed by atoms with Gasteiger partial charge in [0.25, 0.3) is 0 Å². The van der Waals surface area contributed by atoms with Gasteiger partial charge in [-0.1, -0.05) is 38.0 Å². The smallest absolute Gasteiger partial charge is 0.303 e. The highest BCUT2D eigenvalue weighted by Gasteiger charge is 2.21. The quantitative estimate of drug-likeness (QED) is 0.619. The van der Waals surface area contributed by atoms with E-state index in [1.807, 2.05) is 6.07 Å². The molecule has 1 N–H and O–H groups in total. The van der Waals surface area contributed by atoms with E-state index >= 15 is 0 Å². The monoisotopic (exact) mass is 333 g/mol. The number of unbranched alkanes of at least 4 members (excludes halogenated alkanes) is 3. The Bertz CT molecular complexity index is 503. The summed E-state index contributed by atoms with van der Waals surface area (Å²) in [5, 5.41) is 8.71. The summed E-state index contributed by atoms with van der Waals surface area (Å²) in [6.45, 7) is 5.35. The predicted octanol–water partition coefficient (Wildman–Crippen LogP) is 4.13. The Morgan fingerprint density at radius 3 is 2.79 bits per heavy atom. The van der Waals surface area contributed by atoms with Gasteiger partial charge in [-0.2, -0.15) is 0 Å². The SMILES string of the molecule is CCCCN(CCCCCC(=O)O)CC1CCc2ccccc2O1. The summed E-state index contributed by atoms with van der Waals surface area (Å²) in [4.78, 5) is 13.1. The average Bonchev–Trinajstić information content (AvgIpc) is 2.58. The summed E-state index contributed by atoms with van der Waals surface area (Å²) >= 11 is 0. The van der Waals surface area contributed by atoms with Gasteiger partial charge in [0.2, 0.25) is 0 Å². The van der Waals surface area contributed by atoms with Crippen molar-refractivity contribution in [2.24, 2.45) is 0 Å². The highest BCUT2D eigenvalue weighted by molar-refractivity contribution is 5.66. The van der Waals surface area contributed by atoms with E-state index in [1.165, 1.54) is 18.4 Å². The first-order chi connectivity index (χ1) is 11.7. The first-order valence-electron chi connectivity index (χ1n) is 9.37. The predicted molar refractivity (Wildman–Crippen MR) is 96.6 cm³/mol. The molecule has 0 aliphatic carbocycles. The third-order valence-corrected chi connectivity index (χ3v) is 4.66. The number of carbonyl (C=O) groups is 1. The summed E-state index contributed by atoms with van der Waals surface area (Å²) in [5.74, 6) is 0.359. The van der Waals surface area contributed by atoms with Crippen molar-refractivity contribution in [3.8, 4) is 5.75 Å². The van der Waals surface area contributed by atoms with Gasteiger partial charge < -0.3 is 9.84 Å². The summed E-state index contributed by atoms with van der Waals surface area (Å²) in [7, 11) is 0. The average molecular weight is 333 g/mol. The standard InChI is InChI=1S/C20H31NO3/c1-2-3-14-21(15-8-4-5-11-20(22)23)16-18-13-12-17-9-6-7-10-19(17)24-18/h6-7,9-10,18H,2-5,8,11-16H2,1H3,(H,22,23). The number of rotatable bonds is 11. The Labute approximate surface area is 145 Å². The van der Waals surface area contributed by atoms with Gasteiger partial charge >= 0.3 is 5.97 Å². The van der Waals surface area contributed by atoms with Crippen molar-refractivity contribution in [1.82, 2.24) is 4.90 Å². The van der Waals surface area contributed by atoms with E-state index in [0.29, 0.717) is 0 Å². The molecule has 0 spiro atoms. The number of ether oxygens (including phenoxy) is 1. The van der Waals surface area contributed by atoms with Crippen LogP contribution in [0.2, 0.25) is 0 Å². The first-order valence-corrected chi connectivity index (χ1v) is 9.37. The molecule has 4 heteroatoms. The number of aryl methyl sites for hydroxylation is 1. The molecule has 0 saturated carbocycles. The number of benzene rings is 1. The molecule has 0 saturated heterocycles. The van der Waals surface area contributed by atoms with Crippen LogP contribution in [0.1, 0.15) is 57.4 Å². The van der Waals surface area contributed by atoms with Crippen LogP contribution in [0, 0.1) is 0 Å². The van der Waals surface area contributed by atoms with Gasteiger partial charge in [-0.15, -0.1) is 0 Å². The number of aliphatic carboxylic acids is 1. The minimum Gasteiger partial charge on any atom is -0.489 e. The molecule has 1 aromatic carbocycles. The van der Waals surface area contributed by atoms with Gasteiger partial charge in [0, 0.05) is 13.0 Å². The van der Waals surface area contributed by atoms with E-state index in [0.717, 1.165) is 57.5 Å². The van der Waals surface area contributed by atoms with Gasteiger partial charge in [-0.3, -0.25) is 9.69 Å². The van der Waals surface area contributed by atoms with Crippen molar-refractivity contribution in [3.63, 3.8) is 0 Å². The molecule has 4 nitrogen and oxygen atoms in total. The number of fused-ring (bicyclic) bond motifs is 1. The van der Waals surface area contributed by atoms with Gasteiger partial charge in [0.1, 0.15) is 11.9 Å². The molecule has 0 aromatic heterocycles. The van der Waals surface area contributed by atoms with Crippen LogP contribution in [0.5, 0.6) is 5.75 Å². The molecule has 134 valence electrons. The zero-order valence-electron chi connectivity index (χ0n) is 14.9. The lowest BCUT2D eigenvalue weighted by molar-refractivity contribution is -0.137. The topological polar surface area (TPSA) is 49.8 Å². The van der Waals surface area contributed by atoms with E-state index in [-0.39, 0.29) is 12.5 Å². The molecule has 1 heterocycles. The first kappa shape index (κ1) is 18.8. The van der Waals surface area contributed by atoms with E-state index in [1.54, 1.807) is 0 Å². The number of carboxylic acid groups (broad SMARTS) is 1. The normalized spacial score (nSPS) is 16.7. The van der Waals surface area contributed by atoms with Crippen LogP contribution in [-0.4, -0.2) is 41.7 Å². The fourth-order valence-electron chi connectivity index (χ4n) is 3.26. The molecular formula is C20H31NO3. The van der Waals surface area contributed by atoms with Crippen LogP contribution < -0.4 is 4.74 Å². The van der Waals surface area contributed by atoms with Gasteiger partial charge in [-0.25, -0.2) is 0 Å². The van der Waals surface area contributed by atoms with Crippen LogP contribution in [0.4, 0.5) is 0 Å². The zero-order chi connectivity index (χ0) is 17.2. The number of para-hydroxylation sites is 1. The lowest BCUT2D eigenvalue weighted by atomic mass is 10.0. The van der Waals surface area contributed by atoms with E-state index < -0.39 is 5.97 Å². The van der Waals surface area contributed by atoms with E-state index in [2.05, 4.69) is 30.0 Å². The maximum atomic E-state index is 10.6. The molecule has 1 aliphatic heterocycles. The third kappa shape index (κ3) is 6.52. The fraction of sp³-hybridized carbons (Fsp3) is 0.650. The Morgan fingerprint density at radius 1 is 1.21 bits per heavy atom. The lowest BCUT2D eigenvalue weighted by Gasteiger charge is -2.31. The van der Waals surface area contributed by atoms with Gasteiger partial charge in [0.15, 0.2) is 0 Å². The van der Waals surface area contributed by atoms with Crippen LogP contribution in [-0.2, 0) is 11.2 Å². The van der Waals surface area contributed by atoms with E-state index in [9.17, 15) is 4.79 Å². The maximum Gasteiger partial charge on any atom is 0.303 e. The van der Waals surface area contributed by atoms with Gasteiger partial charge in [0.05, 0.1) is 0 Å². The van der Waals surface area contributed by atoms with Crippen LogP contribution >= 0.6 is 0 Å². The number of hydrogen-bond donors (Lipinski definition) is 1. The summed E-state index contributed by atoms with van der Waals surface area (Å²) in [5.41, 5.74) is 1.32. The molecule has 0 fully saturated rings. The Hall–Kier alpha value is -1.55. The molecule has 0 bridgehead atoms. The van der Waals surface area contributed by atoms with Crippen LogP contribution in [0.3, 0.4) is 0 Å². The summed E-state index contributed by atoms with van der Waals surface area (Å²) in [6.07, 6.45) is 7.99. The van der Waals surface area contributed by atoms with Crippen molar-refractivity contribution >= 4 is 5.97 Å². The zero-order valence-corrected chi connectivity index (χ0v) is 14.9. The highest BCUT2D eigenvalue weighted by Crippen LogP contribution is 2.27. The molecule has 0 radical (unpaired) electrons. The van der Waals surface area contributed by atoms with Crippen molar-refractivity contribution in [3.05, 3.63) is 29.8 Å². The number of hydrogen-bond acceptors (Lipinski definition) is 3. The molecule has 1 atom stereocenters. The molecule has 2 rings (SSSR count). The number of nitrogens with zero attached hydrogens (tertiary/aromatic N) is 1. The van der Waals surface area contributed by atoms with Crippen molar-refractivity contribution in [2.45, 2.75) is 64.4 Å². The Kier molecular flexibility index (Phi) is 8.10.